The van der Waals surface area contributed by atoms with Crippen LogP contribution < -0.4 is 9.84 Å². The van der Waals surface area contributed by atoms with Crippen LogP contribution in [-0.4, -0.2) is 13.1 Å². The van der Waals surface area contributed by atoms with Crippen molar-refractivity contribution < 1.29 is 14.6 Å². The average molecular weight is 157 g/mol. The quantitative estimate of drug-likeness (QED) is 0.612. The fourth-order valence-corrected chi connectivity index (χ4v) is 1.20. The smallest absolute Gasteiger partial charge is 0.173 e. The number of carbonyl (C=O) groups excluding carboxylic acids is 1. The number of carboxylic acids is 1. The topological polar surface area (TPSA) is 49.4 Å². The maximum atomic E-state index is 10.2. The number of rotatable bonds is 2. The van der Waals surface area contributed by atoms with Crippen LogP contribution in [0.15, 0.2) is 12.1 Å². The lowest BCUT2D eigenvalue weighted by Gasteiger charge is -1.93. The maximum absolute atomic E-state index is 10.2. The van der Waals surface area contributed by atoms with Gasteiger partial charge in [-0.1, -0.05) is 11.3 Å². The molecule has 0 aliphatic carbocycles. The van der Waals surface area contributed by atoms with Crippen molar-refractivity contribution in [3.05, 3.63) is 17.0 Å². The first-order valence-electron chi connectivity index (χ1n) is 2.59. The minimum atomic E-state index is -1.16. The van der Waals surface area contributed by atoms with Crippen molar-refractivity contribution in [2.24, 2.45) is 0 Å². The zero-order chi connectivity index (χ0) is 7.56. The predicted octanol–water partition coefficient (Wildman–Crippen LogP) is 0.120. The van der Waals surface area contributed by atoms with Crippen molar-refractivity contribution in [3.8, 4) is 5.06 Å². The molecule has 0 radical (unpaired) electrons. The number of thiophene rings is 1. The lowest BCUT2D eigenvalue weighted by molar-refractivity contribution is -0.254. The molecule has 0 amide bonds. The van der Waals surface area contributed by atoms with Crippen molar-refractivity contribution in [3.63, 3.8) is 0 Å². The van der Waals surface area contributed by atoms with Crippen molar-refractivity contribution in [1.82, 2.24) is 0 Å². The number of methoxy groups -OCH3 is 1. The molecule has 4 heteroatoms. The van der Waals surface area contributed by atoms with Crippen molar-refractivity contribution in [2.75, 3.05) is 7.11 Å². The molecule has 1 aromatic rings. The van der Waals surface area contributed by atoms with Gasteiger partial charge in [-0.25, -0.2) is 0 Å². The van der Waals surface area contributed by atoms with Gasteiger partial charge in [-0.2, -0.15) is 0 Å². The molecular weight excluding hydrogens is 152 g/mol. The molecule has 0 aromatic carbocycles. The highest BCUT2D eigenvalue weighted by molar-refractivity contribution is 7.15. The van der Waals surface area contributed by atoms with Crippen LogP contribution in [0.4, 0.5) is 0 Å². The Morgan fingerprint density at radius 1 is 1.70 bits per heavy atom. The third-order valence-corrected chi connectivity index (χ3v) is 2.01. The number of aromatic carboxylic acids is 1. The maximum Gasteiger partial charge on any atom is 0.173 e. The molecule has 0 fully saturated rings. The zero-order valence-corrected chi connectivity index (χ0v) is 6.10. The summed E-state index contributed by atoms with van der Waals surface area (Å²) in [5.41, 5.74) is 0. The molecule has 1 rings (SSSR count). The van der Waals surface area contributed by atoms with Crippen molar-refractivity contribution in [2.45, 2.75) is 0 Å². The summed E-state index contributed by atoms with van der Waals surface area (Å²) in [6.07, 6.45) is 0. The summed E-state index contributed by atoms with van der Waals surface area (Å²) in [7, 11) is 1.49. The SMILES string of the molecule is COc1ccc(C(=O)[O-])s1. The van der Waals surface area contributed by atoms with E-state index in [4.69, 9.17) is 4.74 Å². The van der Waals surface area contributed by atoms with Crippen LogP contribution in [0.1, 0.15) is 9.67 Å². The Morgan fingerprint density at radius 3 is 2.70 bits per heavy atom. The second-order valence-corrected chi connectivity index (χ2v) is 2.66. The van der Waals surface area contributed by atoms with E-state index in [9.17, 15) is 9.90 Å². The number of carbonyl (C=O) groups is 1. The molecule has 0 aliphatic rings. The molecule has 3 nitrogen and oxygen atoms in total. The minimum Gasteiger partial charge on any atom is -0.544 e. The highest BCUT2D eigenvalue weighted by Crippen LogP contribution is 2.22. The first kappa shape index (κ1) is 7.08. The molecule has 0 saturated carbocycles. The molecule has 0 aliphatic heterocycles. The third-order valence-electron chi connectivity index (χ3n) is 0.984. The third kappa shape index (κ3) is 1.27. The summed E-state index contributed by atoms with van der Waals surface area (Å²) >= 11 is 1.06. The Morgan fingerprint density at radius 2 is 2.40 bits per heavy atom. The van der Waals surface area contributed by atoms with Gasteiger partial charge in [0.2, 0.25) is 0 Å². The van der Waals surface area contributed by atoms with Gasteiger partial charge in [0, 0.05) is 0 Å². The van der Waals surface area contributed by atoms with E-state index in [1.807, 2.05) is 0 Å². The summed E-state index contributed by atoms with van der Waals surface area (Å²) < 4.78 is 4.77. The normalized spacial score (nSPS) is 9.30. The predicted molar refractivity (Wildman–Crippen MR) is 35.2 cm³/mol. The van der Waals surface area contributed by atoms with Gasteiger partial charge < -0.3 is 14.6 Å². The summed E-state index contributed by atoms with van der Waals surface area (Å²) in [5.74, 6) is -1.16. The van der Waals surface area contributed by atoms with Crippen LogP contribution in [-0.2, 0) is 0 Å². The van der Waals surface area contributed by atoms with E-state index < -0.39 is 5.97 Å². The first-order chi connectivity index (χ1) is 4.74. The molecule has 0 atom stereocenters. The van der Waals surface area contributed by atoms with E-state index in [0.717, 1.165) is 11.3 Å². The Kier molecular flexibility index (Phi) is 1.91. The molecule has 10 heavy (non-hydrogen) atoms. The van der Waals surface area contributed by atoms with Gasteiger partial charge in [-0.05, 0) is 12.1 Å². The van der Waals surface area contributed by atoms with Crippen LogP contribution in [0, 0.1) is 0 Å². The molecule has 0 unspecified atom stereocenters. The van der Waals surface area contributed by atoms with E-state index in [0.29, 0.717) is 5.06 Å². The van der Waals surface area contributed by atoms with Crippen molar-refractivity contribution in [1.29, 1.82) is 0 Å². The highest BCUT2D eigenvalue weighted by atomic mass is 32.1. The highest BCUT2D eigenvalue weighted by Gasteiger charge is 1.98. The van der Waals surface area contributed by atoms with E-state index in [-0.39, 0.29) is 4.88 Å². The molecule has 54 valence electrons. The average Bonchev–Trinajstić information content (AvgIpc) is 2.34. The molecule has 0 saturated heterocycles. The van der Waals surface area contributed by atoms with Gasteiger partial charge in [-0.15, -0.1) is 0 Å². The van der Waals surface area contributed by atoms with E-state index >= 15 is 0 Å². The van der Waals surface area contributed by atoms with Gasteiger partial charge in [0.25, 0.3) is 0 Å². The van der Waals surface area contributed by atoms with Gasteiger partial charge in [0.05, 0.1) is 18.0 Å². The Hall–Kier alpha value is -1.03. The fraction of sp³-hybridized carbons (Fsp3) is 0.167. The lowest BCUT2D eigenvalue weighted by Crippen LogP contribution is -2.20. The van der Waals surface area contributed by atoms with Crippen LogP contribution in [0.25, 0.3) is 0 Å². The molecule has 0 N–H and O–H groups in total. The summed E-state index contributed by atoms with van der Waals surface area (Å²) in [6, 6.07) is 3.05. The van der Waals surface area contributed by atoms with E-state index in [2.05, 4.69) is 0 Å². The number of hydrogen-bond donors (Lipinski definition) is 0. The lowest BCUT2D eigenvalue weighted by atomic mass is 10.5. The van der Waals surface area contributed by atoms with Crippen LogP contribution >= 0.6 is 11.3 Å². The number of hydrogen-bond acceptors (Lipinski definition) is 4. The van der Waals surface area contributed by atoms with Gasteiger partial charge >= 0.3 is 0 Å². The van der Waals surface area contributed by atoms with Gasteiger partial charge in [0.15, 0.2) is 5.06 Å². The van der Waals surface area contributed by atoms with Crippen molar-refractivity contribution >= 4 is 17.3 Å². The van der Waals surface area contributed by atoms with E-state index in [1.54, 1.807) is 6.07 Å². The van der Waals surface area contributed by atoms with Crippen LogP contribution in [0.5, 0.6) is 5.06 Å². The summed E-state index contributed by atoms with van der Waals surface area (Å²) in [6.45, 7) is 0. The Balaban J connectivity index is 2.88. The van der Waals surface area contributed by atoms with Crippen LogP contribution in [0.3, 0.4) is 0 Å². The number of ether oxygens (including phenoxy) is 1. The first-order valence-corrected chi connectivity index (χ1v) is 3.41. The molecule has 1 aromatic heterocycles. The second kappa shape index (κ2) is 2.70. The molecular formula is C6H5O3S-. The largest absolute Gasteiger partial charge is 0.544 e. The fourth-order valence-electron chi connectivity index (χ4n) is 0.540. The minimum absolute atomic E-state index is 0.192. The molecule has 0 spiro atoms. The number of carboxylic acid groups (broad SMARTS) is 1. The Labute approximate surface area is 61.9 Å². The summed E-state index contributed by atoms with van der Waals surface area (Å²) in [4.78, 5) is 10.4. The molecule has 0 bridgehead atoms. The van der Waals surface area contributed by atoms with Crippen LogP contribution in [0.2, 0.25) is 0 Å². The molecule has 1 heterocycles. The van der Waals surface area contributed by atoms with Gasteiger partial charge in [-0.3, -0.25) is 0 Å². The monoisotopic (exact) mass is 157 g/mol. The zero-order valence-electron chi connectivity index (χ0n) is 5.29. The second-order valence-electron chi connectivity index (χ2n) is 1.61. The Bertz CT molecular complexity index is 241. The standard InChI is InChI=1S/C6H6O3S/c1-9-5-3-2-4(10-5)6(7)8/h2-3H,1H3,(H,7,8)/p-1. The summed E-state index contributed by atoms with van der Waals surface area (Å²) in [5, 5.41) is 10.8. The van der Waals surface area contributed by atoms with Gasteiger partial charge in [0.1, 0.15) is 0 Å². The van der Waals surface area contributed by atoms with E-state index in [1.165, 1.54) is 13.2 Å².